The van der Waals surface area contributed by atoms with Crippen LogP contribution in [0.4, 0.5) is 0 Å². The maximum atomic E-state index is 6.63. The molecule has 1 aliphatic carbocycles. The topological polar surface area (TPSA) is 51.8 Å². The molecule has 0 atom stereocenters. The molecular formula is C58H37N3O. The zero-order chi connectivity index (χ0) is 41.0. The number of fused-ring (bicyclic) bond motifs is 6. The molecule has 4 nitrogen and oxygen atoms in total. The number of furan rings is 1. The molecule has 0 amide bonds. The molecule has 1 aliphatic rings. The lowest BCUT2D eigenvalue weighted by Crippen LogP contribution is -2.28. The minimum Gasteiger partial charge on any atom is -0.455 e. The molecule has 2 heterocycles. The van der Waals surface area contributed by atoms with Crippen molar-refractivity contribution in [2.75, 3.05) is 0 Å². The van der Waals surface area contributed by atoms with Crippen molar-refractivity contribution in [2.24, 2.45) is 0 Å². The fourth-order valence-corrected chi connectivity index (χ4v) is 9.75. The summed E-state index contributed by atoms with van der Waals surface area (Å²) in [4.78, 5) is 16.3. The van der Waals surface area contributed by atoms with Crippen molar-refractivity contribution >= 4 is 21.9 Å². The molecule has 2 aromatic heterocycles. The van der Waals surface area contributed by atoms with E-state index in [1.165, 1.54) is 22.3 Å². The van der Waals surface area contributed by atoms with E-state index in [2.05, 4.69) is 206 Å². The number of hydrogen-bond acceptors (Lipinski definition) is 4. The van der Waals surface area contributed by atoms with Crippen LogP contribution in [0.3, 0.4) is 0 Å². The third kappa shape index (κ3) is 5.58. The molecule has 0 unspecified atom stereocenters. The highest BCUT2D eigenvalue weighted by molar-refractivity contribution is 6.09. The third-order valence-electron chi connectivity index (χ3n) is 12.5. The van der Waals surface area contributed by atoms with Crippen LogP contribution in [-0.2, 0) is 5.41 Å². The van der Waals surface area contributed by atoms with Gasteiger partial charge in [-0.2, -0.15) is 0 Å². The summed E-state index contributed by atoms with van der Waals surface area (Å²) >= 11 is 0. The summed E-state index contributed by atoms with van der Waals surface area (Å²) in [5, 5.41) is 2.07. The number of benzene rings is 9. The minimum absolute atomic E-state index is 0.544. The summed E-state index contributed by atoms with van der Waals surface area (Å²) < 4.78 is 6.63. The molecule has 12 rings (SSSR count). The first kappa shape index (κ1) is 35.7. The highest BCUT2D eigenvalue weighted by Crippen LogP contribution is 2.58. The first-order chi connectivity index (χ1) is 30.8. The largest absolute Gasteiger partial charge is 0.455 e. The molecule has 11 aromatic rings. The smallest absolute Gasteiger partial charge is 0.167 e. The monoisotopic (exact) mass is 791 g/mol. The van der Waals surface area contributed by atoms with Crippen LogP contribution < -0.4 is 0 Å². The maximum Gasteiger partial charge on any atom is 0.167 e. The molecule has 0 fully saturated rings. The van der Waals surface area contributed by atoms with Crippen LogP contribution in [0.15, 0.2) is 229 Å². The van der Waals surface area contributed by atoms with Crippen molar-refractivity contribution in [3.8, 4) is 67.5 Å². The number of rotatable bonds is 7. The van der Waals surface area contributed by atoms with Gasteiger partial charge in [0.2, 0.25) is 0 Å². The van der Waals surface area contributed by atoms with Crippen molar-refractivity contribution in [2.45, 2.75) is 5.41 Å². The summed E-state index contributed by atoms with van der Waals surface area (Å²) in [6.07, 6.45) is 0. The lowest BCUT2D eigenvalue weighted by molar-refractivity contribution is 0.669. The van der Waals surface area contributed by atoms with Crippen LogP contribution in [0, 0.1) is 0 Å². The Morgan fingerprint density at radius 2 is 0.839 bits per heavy atom. The van der Waals surface area contributed by atoms with Gasteiger partial charge in [0, 0.05) is 21.9 Å². The molecule has 62 heavy (non-hydrogen) atoms. The Balaban J connectivity index is 1.16. The molecule has 0 bridgehead atoms. The molecule has 0 spiro atoms. The van der Waals surface area contributed by atoms with E-state index in [1.54, 1.807) is 0 Å². The quantitative estimate of drug-likeness (QED) is 0.161. The van der Waals surface area contributed by atoms with Crippen LogP contribution in [0.2, 0.25) is 0 Å². The van der Waals surface area contributed by atoms with Gasteiger partial charge in [-0.15, -0.1) is 0 Å². The number of hydrogen-bond donors (Lipinski definition) is 0. The SMILES string of the molecule is c1ccc(-c2ccc(-c3nc(-c4cccc5c4-c4ccccc4C5(c4ccccc4)c4ccccc4)nc(-c4cccc5c4oc4ccccc45)n3)c(-c3ccccc3)c2)cc1. The van der Waals surface area contributed by atoms with E-state index >= 15 is 0 Å². The van der Waals surface area contributed by atoms with Gasteiger partial charge < -0.3 is 4.42 Å². The van der Waals surface area contributed by atoms with Gasteiger partial charge in [-0.1, -0.05) is 200 Å². The van der Waals surface area contributed by atoms with E-state index in [0.29, 0.717) is 17.5 Å². The first-order valence-electron chi connectivity index (χ1n) is 21.0. The van der Waals surface area contributed by atoms with Gasteiger partial charge in [-0.25, -0.2) is 15.0 Å². The lowest BCUT2D eigenvalue weighted by atomic mass is 9.67. The lowest BCUT2D eigenvalue weighted by Gasteiger charge is -2.33. The molecule has 290 valence electrons. The van der Waals surface area contributed by atoms with Gasteiger partial charge in [-0.05, 0) is 79.9 Å². The molecule has 0 saturated heterocycles. The van der Waals surface area contributed by atoms with Crippen molar-refractivity contribution in [3.63, 3.8) is 0 Å². The highest BCUT2D eigenvalue weighted by atomic mass is 16.3. The Morgan fingerprint density at radius 3 is 1.56 bits per heavy atom. The van der Waals surface area contributed by atoms with E-state index in [1.807, 2.05) is 18.2 Å². The van der Waals surface area contributed by atoms with Gasteiger partial charge in [0.1, 0.15) is 11.2 Å². The van der Waals surface area contributed by atoms with Gasteiger partial charge in [-0.3, -0.25) is 0 Å². The van der Waals surface area contributed by atoms with Crippen LogP contribution >= 0.6 is 0 Å². The standard InChI is InChI=1S/C58H37N3O/c1-5-19-38(20-6-1)40-35-36-45(49(37-40)39-21-7-2-8-22-39)55-59-56(61-57(60-55)48-31-17-29-44-43-27-14-16-34-52(43)62-54(44)48)47-30-18-33-51-53(47)46-28-13-15-32-50(46)58(51,41-23-9-3-10-24-41)42-25-11-4-12-26-42/h1-37H. The number of nitrogens with zero attached hydrogens (tertiary/aromatic N) is 3. The van der Waals surface area contributed by atoms with E-state index < -0.39 is 5.41 Å². The Morgan fingerprint density at radius 1 is 0.323 bits per heavy atom. The third-order valence-corrected chi connectivity index (χ3v) is 12.5. The summed E-state index contributed by atoms with van der Waals surface area (Å²) in [5.41, 5.74) is 15.1. The summed E-state index contributed by atoms with van der Waals surface area (Å²) in [5.74, 6) is 1.72. The van der Waals surface area contributed by atoms with Gasteiger partial charge in [0.05, 0.1) is 11.0 Å². The Labute approximate surface area is 359 Å². The molecule has 4 heteroatoms. The van der Waals surface area contributed by atoms with E-state index in [4.69, 9.17) is 19.4 Å². The number of aromatic nitrogens is 3. The highest BCUT2D eigenvalue weighted by Gasteiger charge is 2.47. The average Bonchev–Trinajstić information content (AvgIpc) is 3.89. The summed E-state index contributed by atoms with van der Waals surface area (Å²) in [6.45, 7) is 0. The van der Waals surface area contributed by atoms with Crippen molar-refractivity contribution < 1.29 is 4.42 Å². The fourth-order valence-electron chi connectivity index (χ4n) is 9.75. The number of para-hydroxylation sites is 2. The van der Waals surface area contributed by atoms with Crippen molar-refractivity contribution in [1.29, 1.82) is 0 Å². The van der Waals surface area contributed by atoms with Crippen molar-refractivity contribution in [3.05, 3.63) is 247 Å². The normalized spacial score (nSPS) is 12.6. The van der Waals surface area contributed by atoms with Crippen LogP contribution in [0.25, 0.3) is 89.5 Å². The van der Waals surface area contributed by atoms with Gasteiger partial charge in [0.25, 0.3) is 0 Å². The second kappa shape index (κ2) is 14.5. The van der Waals surface area contributed by atoms with E-state index in [-0.39, 0.29) is 0 Å². The Hall–Kier alpha value is -8.21. The van der Waals surface area contributed by atoms with Gasteiger partial charge >= 0.3 is 0 Å². The second-order valence-corrected chi connectivity index (χ2v) is 15.8. The van der Waals surface area contributed by atoms with E-state index in [9.17, 15) is 0 Å². The zero-order valence-corrected chi connectivity index (χ0v) is 33.6. The second-order valence-electron chi connectivity index (χ2n) is 15.8. The minimum atomic E-state index is -0.573. The average molecular weight is 792 g/mol. The molecule has 0 aliphatic heterocycles. The molecular weight excluding hydrogens is 755 g/mol. The van der Waals surface area contributed by atoms with Crippen molar-refractivity contribution in [1.82, 2.24) is 15.0 Å². The first-order valence-corrected chi connectivity index (χ1v) is 21.0. The zero-order valence-electron chi connectivity index (χ0n) is 33.6. The summed E-state index contributed by atoms with van der Waals surface area (Å²) in [7, 11) is 0. The van der Waals surface area contributed by atoms with E-state index in [0.717, 1.165) is 72.0 Å². The van der Waals surface area contributed by atoms with Crippen LogP contribution in [0.1, 0.15) is 22.3 Å². The Kier molecular flexibility index (Phi) is 8.36. The Bertz CT molecular complexity index is 3410. The maximum absolute atomic E-state index is 6.63. The summed E-state index contributed by atoms with van der Waals surface area (Å²) in [6, 6.07) is 79.2. The van der Waals surface area contributed by atoms with Crippen LogP contribution in [-0.4, -0.2) is 15.0 Å². The molecule has 9 aromatic carbocycles. The predicted molar refractivity (Wildman–Crippen MR) is 252 cm³/mol. The molecule has 0 N–H and O–H groups in total. The molecule has 0 radical (unpaired) electrons. The van der Waals surface area contributed by atoms with Crippen LogP contribution in [0.5, 0.6) is 0 Å². The van der Waals surface area contributed by atoms with Gasteiger partial charge in [0.15, 0.2) is 17.5 Å². The fraction of sp³-hybridized carbons (Fsp3) is 0.0172. The molecule has 0 saturated carbocycles. The predicted octanol–water partition coefficient (Wildman–Crippen LogP) is 14.5.